The van der Waals surface area contributed by atoms with E-state index in [1.807, 2.05) is 6.92 Å². The summed E-state index contributed by atoms with van der Waals surface area (Å²) >= 11 is 0. The molecule has 1 aromatic carbocycles. The number of ether oxygens (including phenoxy) is 1. The molecule has 0 fully saturated rings. The maximum Gasteiger partial charge on any atom is 0.314 e. The number of hydrogen-bond acceptors (Lipinski definition) is 5. The van der Waals surface area contributed by atoms with Gasteiger partial charge in [0.25, 0.3) is 0 Å². The van der Waals surface area contributed by atoms with E-state index >= 15 is 0 Å². The van der Waals surface area contributed by atoms with Crippen LogP contribution < -0.4 is 10.1 Å². The Morgan fingerprint density at radius 1 is 1.38 bits per heavy atom. The van der Waals surface area contributed by atoms with Crippen molar-refractivity contribution < 1.29 is 14.1 Å². The van der Waals surface area contributed by atoms with E-state index in [1.165, 1.54) is 12.1 Å². The van der Waals surface area contributed by atoms with Gasteiger partial charge in [-0.3, -0.25) is 10.1 Å². The standard InChI is InChI=1S/C14H14FN3O3/c1-2-16-8-10-6-7-13(17-9-10)21-14-11(15)4-3-5-12(14)18(19)20/h3-7,9,16H,2,8H2,1H3. The number of rotatable bonds is 6. The molecular formula is C14H14FN3O3. The Kier molecular flexibility index (Phi) is 4.78. The van der Waals surface area contributed by atoms with E-state index in [0.29, 0.717) is 6.54 Å². The van der Waals surface area contributed by atoms with Crippen LogP contribution in [0.4, 0.5) is 10.1 Å². The number of nitro benzene ring substituents is 1. The smallest absolute Gasteiger partial charge is 0.314 e. The first kappa shape index (κ1) is 14.9. The molecular weight excluding hydrogens is 277 g/mol. The van der Waals surface area contributed by atoms with Gasteiger partial charge in [-0.1, -0.05) is 19.1 Å². The Hall–Kier alpha value is -2.54. The van der Waals surface area contributed by atoms with E-state index in [1.54, 1.807) is 18.3 Å². The minimum absolute atomic E-state index is 0.100. The summed E-state index contributed by atoms with van der Waals surface area (Å²) in [7, 11) is 0. The second kappa shape index (κ2) is 6.76. The molecule has 1 heterocycles. The van der Waals surface area contributed by atoms with Crippen molar-refractivity contribution in [2.75, 3.05) is 6.54 Å². The summed E-state index contributed by atoms with van der Waals surface area (Å²) in [5, 5.41) is 14.0. The Labute approximate surface area is 120 Å². The van der Waals surface area contributed by atoms with Crippen molar-refractivity contribution in [1.29, 1.82) is 0 Å². The second-order valence-electron chi connectivity index (χ2n) is 4.23. The van der Waals surface area contributed by atoms with Crippen LogP contribution in [0.5, 0.6) is 11.6 Å². The third-order valence-electron chi connectivity index (χ3n) is 2.73. The number of nitro groups is 1. The zero-order valence-corrected chi connectivity index (χ0v) is 11.4. The number of halogens is 1. The summed E-state index contributed by atoms with van der Waals surface area (Å²) in [5.41, 5.74) is 0.501. The minimum Gasteiger partial charge on any atom is -0.429 e. The highest BCUT2D eigenvalue weighted by Gasteiger charge is 2.20. The molecule has 0 saturated carbocycles. The molecule has 0 amide bonds. The number of pyridine rings is 1. The number of hydrogen-bond donors (Lipinski definition) is 1. The summed E-state index contributed by atoms with van der Waals surface area (Å²) in [6.07, 6.45) is 1.57. The van der Waals surface area contributed by atoms with Gasteiger partial charge in [0, 0.05) is 24.9 Å². The van der Waals surface area contributed by atoms with Gasteiger partial charge in [0.15, 0.2) is 5.82 Å². The van der Waals surface area contributed by atoms with Crippen molar-refractivity contribution in [2.45, 2.75) is 13.5 Å². The molecule has 0 bridgehead atoms. The highest BCUT2D eigenvalue weighted by Crippen LogP contribution is 2.32. The lowest BCUT2D eigenvalue weighted by Crippen LogP contribution is -2.11. The zero-order chi connectivity index (χ0) is 15.2. The lowest BCUT2D eigenvalue weighted by atomic mass is 10.2. The molecule has 0 atom stereocenters. The van der Waals surface area contributed by atoms with Crippen LogP contribution in [0, 0.1) is 15.9 Å². The fourth-order valence-corrected chi connectivity index (χ4v) is 1.69. The fraction of sp³-hybridized carbons (Fsp3) is 0.214. The van der Waals surface area contributed by atoms with Crippen molar-refractivity contribution >= 4 is 5.69 Å². The van der Waals surface area contributed by atoms with Gasteiger partial charge in [0.2, 0.25) is 11.6 Å². The van der Waals surface area contributed by atoms with E-state index in [4.69, 9.17) is 4.74 Å². The first-order valence-corrected chi connectivity index (χ1v) is 6.38. The first-order chi connectivity index (χ1) is 10.1. The van der Waals surface area contributed by atoms with E-state index in [0.717, 1.165) is 18.2 Å². The Bertz CT molecular complexity index is 632. The van der Waals surface area contributed by atoms with E-state index in [2.05, 4.69) is 10.3 Å². The van der Waals surface area contributed by atoms with Crippen molar-refractivity contribution in [1.82, 2.24) is 10.3 Å². The van der Waals surface area contributed by atoms with Gasteiger partial charge in [0.1, 0.15) is 0 Å². The predicted octanol–water partition coefficient (Wildman–Crippen LogP) is 3.03. The van der Waals surface area contributed by atoms with Crippen LogP contribution in [0.15, 0.2) is 36.5 Å². The largest absolute Gasteiger partial charge is 0.429 e. The van der Waals surface area contributed by atoms with Gasteiger partial charge in [-0.15, -0.1) is 0 Å². The highest BCUT2D eigenvalue weighted by atomic mass is 19.1. The molecule has 110 valence electrons. The summed E-state index contributed by atoms with van der Waals surface area (Å²) in [5.74, 6) is -1.14. The normalized spacial score (nSPS) is 10.4. The maximum absolute atomic E-state index is 13.7. The monoisotopic (exact) mass is 291 g/mol. The topological polar surface area (TPSA) is 77.3 Å². The summed E-state index contributed by atoms with van der Waals surface area (Å²) in [4.78, 5) is 14.2. The number of nitrogens with one attached hydrogen (secondary N) is 1. The number of para-hydroxylation sites is 1. The molecule has 6 nitrogen and oxygen atoms in total. The second-order valence-corrected chi connectivity index (χ2v) is 4.23. The van der Waals surface area contributed by atoms with Crippen LogP contribution in [0.25, 0.3) is 0 Å². The molecule has 0 spiro atoms. The lowest BCUT2D eigenvalue weighted by Gasteiger charge is -2.07. The Morgan fingerprint density at radius 3 is 2.81 bits per heavy atom. The molecule has 0 aliphatic rings. The van der Waals surface area contributed by atoms with Gasteiger partial charge < -0.3 is 10.1 Å². The summed E-state index contributed by atoms with van der Waals surface area (Å²) < 4.78 is 18.9. The molecule has 1 aromatic heterocycles. The molecule has 1 N–H and O–H groups in total. The lowest BCUT2D eigenvalue weighted by molar-refractivity contribution is -0.385. The van der Waals surface area contributed by atoms with Gasteiger partial charge in [-0.25, -0.2) is 9.37 Å². The fourth-order valence-electron chi connectivity index (χ4n) is 1.69. The van der Waals surface area contributed by atoms with Crippen molar-refractivity contribution in [3.63, 3.8) is 0 Å². The van der Waals surface area contributed by atoms with Gasteiger partial charge in [-0.2, -0.15) is 0 Å². The predicted molar refractivity (Wildman–Crippen MR) is 74.7 cm³/mol. The Balaban J connectivity index is 2.20. The van der Waals surface area contributed by atoms with Gasteiger partial charge >= 0.3 is 5.69 Å². The molecule has 0 radical (unpaired) electrons. The third-order valence-corrected chi connectivity index (χ3v) is 2.73. The number of nitrogens with zero attached hydrogens (tertiary/aromatic N) is 2. The van der Waals surface area contributed by atoms with E-state index in [9.17, 15) is 14.5 Å². The number of benzene rings is 1. The highest BCUT2D eigenvalue weighted by molar-refractivity contribution is 5.48. The summed E-state index contributed by atoms with van der Waals surface area (Å²) in [6, 6.07) is 6.84. The van der Waals surface area contributed by atoms with Crippen molar-refractivity contribution in [3.05, 3.63) is 58.0 Å². The van der Waals surface area contributed by atoms with Gasteiger partial charge in [-0.05, 0) is 18.2 Å². The quantitative estimate of drug-likeness (QED) is 0.654. The number of aromatic nitrogens is 1. The third kappa shape index (κ3) is 3.73. The average molecular weight is 291 g/mol. The van der Waals surface area contributed by atoms with Crippen molar-refractivity contribution in [2.24, 2.45) is 0 Å². The first-order valence-electron chi connectivity index (χ1n) is 6.38. The van der Waals surface area contributed by atoms with Crippen LogP contribution in [0.3, 0.4) is 0 Å². The van der Waals surface area contributed by atoms with Gasteiger partial charge in [0.05, 0.1) is 4.92 Å². The minimum atomic E-state index is -0.803. The Morgan fingerprint density at radius 2 is 2.19 bits per heavy atom. The maximum atomic E-state index is 13.7. The van der Waals surface area contributed by atoms with Crippen LogP contribution in [-0.2, 0) is 6.54 Å². The SMILES string of the molecule is CCNCc1ccc(Oc2c(F)cccc2[N+](=O)[O-])nc1. The van der Waals surface area contributed by atoms with E-state index < -0.39 is 22.2 Å². The molecule has 7 heteroatoms. The van der Waals surface area contributed by atoms with Crippen LogP contribution in [0.2, 0.25) is 0 Å². The molecule has 0 aliphatic carbocycles. The molecule has 2 rings (SSSR count). The van der Waals surface area contributed by atoms with E-state index in [-0.39, 0.29) is 5.88 Å². The van der Waals surface area contributed by atoms with Crippen molar-refractivity contribution in [3.8, 4) is 11.6 Å². The summed E-state index contributed by atoms with van der Waals surface area (Å²) in [6.45, 7) is 3.48. The molecule has 0 unspecified atom stereocenters. The van der Waals surface area contributed by atoms with Crippen LogP contribution in [0.1, 0.15) is 12.5 Å². The molecule has 21 heavy (non-hydrogen) atoms. The average Bonchev–Trinajstić information content (AvgIpc) is 2.48. The molecule has 0 aliphatic heterocycles. The van der Waals surface area contributed by atoms with Crippen LogP contribution in [-0.4, -0.2) is 16.5 Å². The molecule has 0 saturated heterocycles. The zero-order valence-electron chi connectivity index (χ0n) is 11.4. The molecule has 2 aromatic rings. The van der Waals surface area contributed by atoms with Crippen LogP contribution >= 0.6 is 0 Å².